The van der Waals surface area contributed by atoms with Gasteiger partial charge in [0.05, 0.1) is 0 Å². The molecule has 2 fully saturated rings. The van der Waals surface area contributed by atoms with E-state index in [0.717, 1.165) is 12.8 Å². The third-order valence-corrected chi connectivity index (χ3v) is 4.46. The van der Waals surface area contributed by atoms with Crippen LogP contribution in [-0.4, -0.2) is 18.0 Å². The third-order valence-electron chi connectivity index (χ3n) is 4.46. The SMILES string of the molecule is CCC(C)(CCN)NC(=O)C(C1CC1)C1CC1. The van der Waals surface area contributed by atoms with E-state index >= 15 is 0 Å². The molecule has 1 amide bonds. The third kappa shape index (κ3) is 3.21. The molecular weight excluding hydrogens is 212 g/mol. The van der Waals surface area contributed by atoms with Gasteiger partial charge in [0, 0.05) is 11.5 Å². The molecule has 0 bridgehead atoms. The molecule has 0 radical (unpaired) electrons. The lowest BCUT2D eigenvalue weighted by Crippen LogP contribution is -2.49. The van der Waals surface area contributed by atoms with Gasteiger partial charge in [-0.3, -0.25) is 4.79 Å². The highest BCUT2D eigenvalue weighted by molar-refractivity contribution is 5.80. The number of hydrogen-bond acceptors (Lipinski definition) is 2. The summed E-state index contributed by atoms with van der Waals surface area (Å²) < 4.78 is 0. The number of carbonyl (C=O) groups excluding carboxylic acids is 1. The van der Waals surface area contributed by atoms with Gasteiger partial charge in [-0.25, -0.2) is 0 Å². The monoisotopic (exact) mass is 238 g/mol. The molecule has 3 nitrogen and oxygen atoms in total. The molecule has 0 saturated heterocycles. The molecule has 3 heteroatoms. The fourth-order valence-corrected chi connectivity index (χ4v) is 2.75. The lowest BCUT2D eigenvalue weighted by molar-refractivity contribution is -0.128. The van der Waals surface area contributed by atoms with Crippen LogP contribution in [0.5, 0.6) is 0 Å². The summed E-state index contributed by atoms with van der Waals surface area (Å²) in [5, 5.41) is 3.27. The molecule has 0 aromatic carbocycles. The lowest BCUT2D eigenvalue weighted by Gasteiger charge is -2.31. The summed E-state index contributed by atoms with van der Waals surface area (Å²) in [5.74, 6) is 1.97. The molecule has 0 aliphatic heterocycles. The van der Waals surface area contributed by atoms with E-state index in [4.69, 9.17) is 5.73 Å². The standard InChI is InChI=1S/C14H26N2O/c1-3-14(2,8-9-15)16-13(17)12(10-4-5-10)11-6-7-11/h10-12H,3-9,15H2,1-2H3,(H,16,17). The number of nitrogens with two attached hydrogens (primary N) is 1. The zero-order valence-corrected chi connectivity index (χ0v) is 11.2. The second-order valence-corrected chi connectivity index (χ2v) is 6.14. The minimum Gasteiger partial charge on any atom is -0.351 e. The van der Waals surface area contributed by atoms with Gasteiger partial charge in [0.25, 0.3) is 0 Å². The molecule has 2 aliphatic carbocycles. The highest BCUT2D eigenvalue weighted by Gasteiger charge is 2.46. The molecule has 0 heterocycles. The van der Waals surface area contributed by atoms with E-state index in [2.05, 4.69) is 19.2 Å². The first-order chi connectivity index (χ1) is 8.09. The second-order valence-electron chi connectivity index (χ2n) is 6.14. The normalized spacial score (nSPS) is 23.5. The Labute approximate surface area is 105 Å². The summed E-state index contributed by atoms with van der Waals surface area (Å²) >= 11 is 0. The zero-order valence-electron chi connectivity index (χ0n) is 11.2. The van der Waals surface area contributed by atoms with Gasteiger partial charge < -0.3 is 11.1 Å². The van der Waals surface area contributed by atoms with Crippen molar-refractivity contribution in [2.24, 2.45) is 23.5 Å². The van der Waals surface area contributed by atoms with Crippen LogP contribution < -0.4 is 11.1 Å². The Bertz CT molecular complexity index is 272. The average Bonchev–Trinajstić information content (AvgIpc) is 3.11. The minimum atomic E-state index is -0.103. The van der Waals surface area contributed by atoms with Gasteiger partial charge in [-0.1, -0.05) is 6.92 Å². The van der Waals surface area contributed by atoms with Crippen molar-refractivity contribution in [3.05, 3.63) is 0 Å². The maximum Gasteiger partial charge on any atom is 0.224 e. The molecular formula is C14H26N2O. The van der Waals surface area contributed by atoms with Crippen molar-refractivity contribution in [2.75, 3.05) is 6.54 Å². The van der Waals surface area contributed by atoms with Crippen LogP contribution in [0.3, 0.4) is 0 Å². The summed E-state index contributed by atoms with van der Waals surface area (Å²) in [6.07, 6.45) is 6.86. The van der Waals surface area contributed by atoms with Crippen molar-refractivity contribution in [1.82, 2.24) is 5.32 Å². The molecule has 1 atom stereocenters. The summed E-state index contributed by atoms with van der Waals surface area (Å²) in [7, 11) is 0. The van der Waals surface area contributed by atoms with Gasteiger partial charge in [-0.05, 0) is 63.8 Å². The molecule has 2 saturated carbocycles. The van der Waals surface area contributed by atoms with E-state index < -0.39 is 0 Å². The van der Waals surface area contributed by atoms with Gasteiger partial charge in [-0.2, -0.15) is 0 Å². The molecule has 2 aliphatic rings. The molecule has 2 rings (SSSR count). The maximum absolute atomic E-state index is 12.4. The van der Waals surface area contributed by atoms with Crippen LogP contribution in [0.1, 0.15) is 52.4 Å². The Balaban J connectivity index is 1.93. The first kappa shape index (κ1) is 12.9. The second kappa shape index (κ2) is 4.97. The maximum atomic E-state index is 12.4. The molecule has 0 aromatic heterocycles. The van der Waals surface area contributed by atoms with Crippen molar-refractivity contribution < 1.29 is 4.79 Å². The molecule has 3 N–H and O–H groups in total. The predicted molar refractivity (Wildman–Crippen MR) is 69.4 cm³/mol. The topological polar surface area (TPSA) is 55.1 Å². The van der Waals surface area contributed by atoms with E-state index in [1.165, 1.54) is 25.7 Å². The molecule has 0 aromatic rings. The van der Waals surface area contributed by atoms with E-state index in [-0.39, 0.29) is 5.54 Å². The highest BCUT2D eigenvalue weighted by atomic mass is 16.2. The van der Waals surface area contributed by atoms with Crippen LogP contribution in [0.4, 0.5) is 0 Å². The van der Waals surface area contributed by atoms with E-state index in [9.17, 15) is 4.79 Å². The largest absolute Gasteiger partial charge is 0.351 e. The van der Waals surface area contributed by atoms with Crippen molar-refractivity contribution in [2.45, 2.75) is 57.9 Å². The Morgan fingerprint density at radius 2 is 1.88 bits per heavy atom. The first-order valence-corrected chi connectivity index (χ1v) is 7.11. The predicted octanol–water partition coefficient (Wildman–Crippen LogP) is 2.06. The number of amides is 1. The Morgan fingerprint density at radius 1 is 1.35 bits per heavy atom. The molecule has 98 valence electrons. The Hall–Kier alpha value is -0.570. The molecule has 0 spiro atoms. The minimum absolute atomic E-state index is 0.103. The van der Waals surface area contributed by atoms with Crippen LogP contribution in [0, 0.1) is 17.8 Å². The summed E-state index contributed by atoms with van der Waals surface area (Å²) in [6, 6.07) is 0. The van der Waals surface area contributed by atoms with Gasteiger partial charge in [0.15, 0.2) is 0 Å². The van der Waals surface area contributed by atoms with Crippen LogP contribution in [0.15, 0.2) is 0 Å². The zero-order chi connectivity index (χ0) is 12.5. The van der Waals surface area contributed by atoms with E-state index in [1.54, 1.807) is 0 Å². The molecule has 1 unspecified atom stereocenters. The fourth-order valence-electron chi connectivity index (χ4n) is 2.75. The Kier molecular flexibility index (Phi) is 3.76. The van der Waals surface area contributed by atoms with Crippen molar-refractivity contribution in [3.63, 3.8) is 0 Å². The van der Waals surface area contributed by atoms with Crippen LogP contribution in [0.2, 0.25) is 0 Å². The van der Waals surface area contributed by atoms with Crippen LogP contribution in [-0.2, 0) is 4.79 Å². The number of rotatable bonds is 7. The molecule has 17 heavy (non-hydrogen) atoms. The van der Waals surface area contributed by atoms with Crippen molar-refractivity contribution >= 4 is 5.91 Å². The average molecular weight is 238 g/mol. The first-order valence-electron chi connectivity index (χ1n) is 7.11. The van der Waals surface area contributed by atoms with Crippen molar-refractivity contribution in [1.29, 1.82) is 0 Å². The lowest BCUT2D eigenvalue weighted by atomic mass is 9.91. The van der Waals surface area contributed by atoms with Gasteiger partial charge in [-0.15, -0.1) is 0 Å². The smallest absolute Gasteiger partial charge is 0.224 e. The van der Waals surface area contributed by atoms with Crippen LogP contribution >= 0.6 is 0 Å². The quantitative estimate of drug-likeness (QED) is 0.713. The van der Waals surface area contributed by atoms with Crippen LogP contribution in [0.25, 0.3) is 0 Å². The van der Waals surface area contributed by atoms with Gasteiger partial charge >= 0.3 is 0 Å². The highest BCUT2D eigenvalue weighted by Crippen LogP contribution is 2.49. The fraction of sp³-hybridized carbons (Fsp3) is 0.929. The summed E-state index contributed by atoms with van der Waals surface area (Å²) in [5.41, 5.74) is 5.53. The van der Waals surface area contributed by atoms with Crippen molar-refractivity contribution in [3.8, 4) is 0 Å². The number of hydrogen-bond donors (Lipinski definition) is 2. The number of nitrogens with one attached hydrogen (secondary N) is 1. The van der Waals surface area contributed by atoms with E-state index in [0.29, 0.717) is 30.2 Å². The van der Waals surface area contributed by atoms with Gasteiger partial charge in [0.2, 0.25) is 5.91 Å². The Morgan fingerprint density at radius 3 is 2.24 bits per heavy atom. The van der Waals surface area contributed by atoms with Gasteiger partial charge in [0.1, 0.15) is 0 Å². The summed E-state index contributed by atoms with van der Waals surface area (Å²) in [6.45, 7) is 4.88. The number of carbonyl (C=O) groups is 1. The van der Waals surface area contributed by atoms with E-state index in [1.807, 2.05) is 0 Å². The summed E-state index contributed by atoms with van der Waals surface area (Å²) in [4.78, 5) is 12.4.